The van der Waals surface area contributed by atoms with Gasteiger partial charge in [-0.15, -0.1) is 0 Å². The maximum atomic E-state index is 10.6. The number of fused-ring (bicyclic) bond motifs is 1. The fourth-order valence-electron chi connectivity index (χ4n) is 1.35. The molecular formula is C10H6BrNO2. The van der Waals surface area contributed by atoms with E-state index in [9.17, 15) is 10.1 Å². The Balaban J connectivity index is 2.78. The van der Waals surface area contributed by atoms with Gasteiger partial charge >= 0.3 is 0 Å². The molecule has 0 spiro atoms. The van der Waals surface area contributed by atoms with E-state index in [1.54, 1.807) is 6.07 Å². The zero-order chi connectivity index (χ0) is 10.1. The molecule has 0 aromatic heterocycles. The van der Waals surface area contributed by atoms with Gasteiger partial charge < -0.3 is 0 Å². The van der Waals surface area contributed by atoms with Gasteiger partial charge in [-0.25, -0.2) is 0 Å². The molecule has 0 atom stereocenters. The minimum absolute atomic E-state index is 0.107. The highest BCUT2D eigenvalue weighted by molar-refractivity contribution is 9.10. The lowest BCUT2D eigenvalue weighted by atomic mass is 10.1. The fraction of sp³-hybridized carbons (Fsp3) is 0. The summed E-state index contributed by atoms with van der Waals surface area (Å²) in [5.74, 6) is 0. The average molecular weight is 252 g/mol. The van der Waals surface area contributed by atoms with Gasteiger partial charge in [-0.05, 0) is 26.7 Å². The predicted molar refractivity (Wildman–Crippen MR) is 58.3 cm³/mol. The maximum absolute atomic E-state index is 10.6. The molecule has 4 heteroatoms. The van der Waals surface area contributed by atoms with Crippen LogP contribution in [-0.2, 0) is 0 Å². The van der Waals surface area contributed by atoms with Crippen molar-refractivity contribution in [1.29, 1.82) is 0 Å². The first-order valence-corrected chi connectivity index (χ1v) is 4.80. The summed E-state index contributed by atoms with van der Waals surface area (Å²) in [7, 11) is 0. The van der Waals surface area contributed by atoms with E-state index < -0.39 is 4.92 Å². The van der Waals surface area contributed by atoms with Gasteiger partial charge in [-0.1, -0.05) is 24.3 Å². The first kappa shape index (κ1) is 9.15. The third-order valence-electron chi connectivity index (χ3n) is 2.01. The second kappa shape index (κ2) is 3.38. The molecular weight excluding hydrogens is 246 g/mol. The molecule has 0 bridgehead atoms. The zero-order valence-electron chi connectivity index (χ0n) is 7.11. The number of rotatable bonds is 1. The lowest BCUT2D eigenvalue weighted by Crippen LogP contribution is -1.87. The minimum atomic E-state index is -0.392. The van der Waals surface area contributed by atoms with Crippen LogP contribution in [0.15, 0.2) is 40.9 Å². The molecule has 2 aromatic carbocycles. The van der Waals surface area contributed by atoms with E-state index in [4.69, 9.17) is 0 Å². The number of halogens is 1. The van der Waals surface area contributed by atoms with Crippen molar-refractivity contribution >= 4 is 32.4 Å². The maximum Gasteiger partial charge on any atom is 0.271 e. The van der Waals surface area contributed by atoms with Crippen LogP contribution in [0.5, 0.6) is 0 Å². The van der Waals surface area contributed by atoms with Crippen LogP contribution < -0.4 is 0 Å². The molecule has 3 nitrogen and oxygen atoms in total. The van der Waals surface area contributed by atoms with Crippen molar-refractivity contribution in [2.24, 2.45) is 0 Å². The molecule has 0 fully saturated rings. The molecule has 2 rings (SSSR count). The summed E-state index contributed by atoms with van der Waals surface area (Å²) in [4.78, 5) is 10.2. The summed E-state index contributed by atoms with van der Waals surface area (Å²) < 4.78 is 0.752. The van der Waals surface area contributed by atoms with E-state index in [1.165, 1.54) is 6.07 Å². The van der Waals surface area contributed by atoms with Crippen molar-refractivity contribution in [3.05, 3.63) is 51.0 Å². The summed E-state index contributed by atoms with van der Waals surface area (Å²) in [5, 5.41) is 12.4. The van der Waals surface area contributed by atoms with Crippen molar-refractivity contribution < 1.29 is 4.92 Å². The summed E-state index contributed by atoms with van der Waals surface area (Å²) in [5.41, 5.74) is 0.107. The standard InChI is InChI=1S/C10H6BrNO2/c11-10-6-8(12(13)14)5-7-3-1-2-4-9(7)10/h1-6H. The first-order valence-electron chi connectivity index (χ1n) is 4.01. The third kappa shape index (κ3) is 1.48. The summed E-state index contributed by atoms with van der Waals surface area (Å²) in [6.45, 7) is 0. The highest BCUT2D eigenvalue weighted by Gasteiger charge is 2.08. The van der Waals surface area contributed by atoms with Gasteiger partial charge in [0.1, 0.15) is 0 Å². The zero-order valence-corrected chi connectivity index (χ0v) is 8.69. The first-order chi connectivity index (χ1) is 6.68. The van der Waals surface area contributed by atoms with Crippen LogP contribution in [0.25, 0.3) is 10.8 Å². The number of hydrogen-bond donors (Lipinski definition) is 0. The van der Waals surface area contributed by atoms with Gasteiger partial charge in [0.15, 0.2) is 0 Å². The van der Waals surface area contributed by atoms with Crippen molar-refractivity contribution in [1.82, 2.24) is 0 Å². The van der Waals surface area contributed by atoms with Gasteiger partial charge in [0.2, 0.25) is 0 Å². The topological polar surface area (TPSA) is 43.1 Å². The van der Waals surface area contributed by atoms with Crippen molar-refractivity contribution in [3.63, 3.8) is 0 Å². The Morgan fingerprint density at radius 3 is 2.64 bits per heavy atom. The monoisotopic (exact) mass is 251 g/mol. The van der Waals surface area contributed by atoms with Gasteiger partial charge in [0.25, 0.3) is 5.69 Å². The largest absolute Gasteiger partial charge is 0.271 e. The van der Waals surface area contributed by atoms with Crippen LogP contribution in [0.4, 0.5) is 5.69 Å². The number of nitro benzene ring substituents is 1. The number of benzene rings is 2. The quantitative estimate of drug-likeness (QED) is 0.575. The molecule has 0 saturated heterocycles. The van der Waals surface area contributed by atoms with E-state index >= 15 is 0 Å². The van der Waals surface area contributed by atoms with Gasteiger partial charge in [-0.3, -0.25) is 10.1 Å². The molecule has 14 heavy (non-hydrogen) atoms. The van der Waals surface area contributed by atoms with Crippen molar-refractivity contribution in [2.45, 2.75) is 0 Å². The van der Waals surface area contributed by atoms with Crippen LogP contribution in [-0.4, -0.2) is 4.92 Å². The highest BCUT2D eigenvalue weighted by atomic mass is 79.9. The molecule has 2 aromatic rings. The molecule has 0 unspecified atom stereocenters. The van der Waals surface area contributed by atoms with Crippen LogP contribution in [0, 0.1) is 10.1 Å². The SMILES string of the molecule is O=[N+]([O-])c1cc(Br)c2ccccc2c1. The van der Waals surface area contributed by atoms with Crippen LogP contribution in [0.3, 0.4) is 0 Å². The Morgan fingerprint density at radius 2 is 1.93 bits per heavy atom. The van der Waals surface area contributed by atoms with Crippen LogP contribution in [0.2, 0.25) is 0 Å². The number of nitrogens with zero attached hydrogens (tertiary/aromatic N) is 1. The molecule has 0 radical (unpaired) electrons. The van der Waals surface area contributed by atoms with Crippen molar-refractivity contribution in [3.8, 4) is 0 Å². The molecule has 70 valence electrons. The summed E-state index contributed by atoms with van der Waals surface area (Å²) >= 11 is 3.31. The second-order valence-corrected chi connectivity index (χ2v) is 3.76. The molecule has 0 aliphatic rings. The molecule has 0 N–H and O–H groups in total. The van der Waals surface area contributed by atoms with Gasteiger partial charge in [-0.2, -0.15) is 0 Å². The fourth-order valence-corrected chi connectivity index (χ4v) is 1.95. The third-order valence-corrected chi connectivity index (χ3v) is 2.66. The number of hydrogen-bond acceptors (Lipinski definition) is 2. The lowest BCUT2D eigenvalue weighted by Gasteiger charge is -1.99. The smallest absolute Gasteiger partial charge is 0.258 e. The summed E-state index contributed by atoms with van der Waals surface area (Å²) in [6, 6.07) is 10.6. The lowest BCUT2D eigenvalue weighted by molar-refractivity contribution is -0.384. The van der Waals surface area contributed by atoms with Gasteiger partial charge in [0, 0.05) is 16.6 Å². The Labute approximate surface area is 88.6 Å². The van der Waals surface area contributed by atoms with E-state index in [2.05, 4.69) is 15.9 Å². The molecule has 0 aliphatic heterocycles. The Kier molecular flexibility index (Phi) is 2.21. The van der Waals surface area contributed by atoms with Crippen LogP contribution in [0.1, 0.15) is 0 Å². The molecule has 0 amide bonds. The second-order valence-electron chi connectivity index (χ2n) is 2.91. The Morgan fingerprint density at radius 1 is 1.21 bits per heavy atom. The normalized spacial score (nSPS) is 10.4. The molecule has 0 heterocycles. The van der Waals surface area contributed by atoms with Gasteiger partial charge in [0.05, 0.1) is 4.92 Å². The Hall–Kier alpha value is -1.42. The van der Waals surface area contributed by atoms with Crippen LogP contribution >= 0.6 is 15.9 Å². The number of nitro groups is 1. The summed E-state index contributed by atoms with van der Waals surface area (Å²) in [6.07, 6.45) is 0. The molecule has 0 saturated carbocycles. The van der Waals surface area contributed by atoms with E-state index in [1.807, 2.05) is 24.3 Å². The molecule has 0 aliphatic carbocycles. The van der Waals surface area contributed by atoms with E-state index in [0.29, 0.717) is 0 Å². The average Bonchev–Trinajstić information content (AvgIpc) is 2.17. The predicted octanol–water partition coefficient (Wildman–Crippen LogP) is 3.51. The van der Waals surface area contributed by atoms with Crippen molar-refractivity contribution in [2.75, 3.05) is 0 Å². The highest BCUT2D eigenvalue weighted by Crippen LogP contribution is 2.28. The Bertz CT molecular complexity index is 510. The minimum Gasteiger partial charge on any atom is -0.258 e. The van der Waals surface area contributed by atoms with E-state index in [-0.39, 0.29) is 5.69 Å². The van der Waals surface area contributed by atoms with E-state index in [0.717, 1.165) is 15.2 Å². The number of non-ortho nitro benzene ring substituents is 1.